The second-order valence-electron chi connectivity index (χ2n) is 9.57. The van der Waals surface area contributed by atoms with Crippen molar-refractivity contribution in [3.63, 3.8) is 0 Å². The fourth-order valence-corrected chi connectivity index (χ4v) is 4.51. The van der Waals surface area contributed by atoms with Gasteiger partial charge in [0.1, 0.15) is 5.82 Å². The van der Waals surface area contributed by atoms with Gasteiger partial charge in [0.2, 0.25) is 5.91 Å². The average molecular weight is 420 g/mol. The fourth-order valence-electron chi connectivity index (χ4n) is 4.51. The standard InChI is InChI=1S/C24H29N5O2/c1-15-14-31-10-9-29(15)22-18-12-28(23(30)24(2,3)4)13-20(18)26-21(27-22)17-11-25-19-8-6-5-7-16(17)19/h5-8,11,15,25H,9-10,12-14H2,1-4H3/t15-/m1/s1. The third-order valence-corrected chi connectivity index (χ3v) is 6.16. The number of nitrogens with one attached hydrogen (secondary N) is 1. The highest BCUT2D eigenvalue weighted by molar-refractivity contribution is 5.94. The SMILES string of the molecule is C[C@@H]1COCCN1c1nc(-c2c[nH]c3ccccc23)nc2c1CN(C(=O)C(C)(C)C)C2. The molecule has 0 unspecified atom stereocenters. The highest BCUT2D eigenvalue weighted by Crippen LogP contribution is 2.36. The van der Waals surface area contributed by atoms with E-state index in [0.717, 1.165) is 40.1 Å². The molecule has 0 spiro atoms. The zero-order valence-corrected chi connectivity index (χ0v) is 18.6. The predicted molar refractivity (Wildman–Crippen MR) is 121 cm³/mol. The smallest absolute Gasteiger partial charge is 0.228 e. The summed E-state index contributed by atoms with van der Waals surface area (Å²) in [6.07, 6.45) is 1.98. The van der Waals surface area contributed by atoms with Crippen LogP contribution in [0.15, 0.2) is 30.5 Å². The van der Waals surface area contributed by atoms with E-state index >= 15 is 0 Å². The predicted octanol–water partition coefficient (Wildman–Crippen LogP) is 3.74. The molecule has 2 aromatic heterocycles. The van der Waals surface area contributed by atoms with Crippen LogP contribution < -0.4 is 4.90 Å². The number of ether oxygens (including phenoxy) is 1. The summed E-state index contributed by atoms with van der Waals surface area (Å²) in [5, 5.41) is 1.10. The molecule has 2 aliphatic heterocycles. The number of anilines is 1. The summed E-state index contributed by atoms with van der Waals surface area (Å²) in [5.41, 5.74) is 3.63. The molecule has 1 aromatic carbocycles. The Labute approximate surface area is 182 Å². The summed E-state index contributed by atoms with van der Waals surface area (Å²) in [7, 11) is 0. The number of nitrogens with zero attached hydrogens (tertiary/aromatic N) is 4. The van der Waals surface area contributed by atoms with Crippen LogP contribution in [0.1, 0.15) is 39.0 Å². The summed E-state index contributed by atoms with van der Waals surface area (Å²) in [5.74, 6) is 1.78. The van der Waals surface area contributed by atoms with Crippen LogP contribution in [0, 0.1) is 5.41 Å². The molecule has 0 bridgehead atoms. The van der Waals surface area contributed by atoms with Gasteiger partial charge in [-0.15, -0.1) is 0 Å². The number of hydrogen-bond donors (Lipinski definition) is 1. The Morgan fingerprint density at radius 2 is 2.00 bits per heavy atom. The maximum atomic E-state index is 13.0. The molecule has 0 aliphatic carbocycles. The third-order valence-electron chi connectivity index (χ3n) is 6.16. The first-order valence-electron chi connectivity index (χ1n) is 10.9. The Morgan fingerprint density at radius 3 is 2.77 bits per heavy atom. The van der Waals surface area contributed by atoms with Crippen molar-refractivity contribution >= 4 is 22.6 Å². The Kier molecular flexibility index (Phi) is 4.73. The molecule has 7 nitrogen and oxygen atoms in total. The fraction of sp³-hybridized carbons (Fsp3) is 0.458. The van der Waals surface area contributed by atoms with Gasteiger partial charge < -0.3 is 19.5 Å². The van der Waals surface area contributed by atoms with Gasteiger partial charge >= 0.3 is 0 Å². The minimum absolute atomic E-state index is 0.139. The molecule has 0 saturated carbocycles. The van der Waals surface area contributed by atoms with Crippen LogP contribution in [0.2, 0.25) is 0 Å². The van der Waals surface area contributed by atoms with E-state index in [-0.39, 0.29) is 11.9 Å². The van der Waals surface area contributed by atoms with Crippen LogP contribution in [0.25, 0.3) is 22.3 Å². The van der Waals surface area contributed by atoms with Crippen LogP contribution in [-0.4, -0.2) is 51.6 Å². The highest BCUT2D eigenvalue weighted by Gasteiger charge is 2.36. The van der Waals surface area contributed by atoms with Gasteiger partial charge in [-0.3, -0.25) is 4.79 Å². The third kappa shape index (κ3) is 3.47. The summed E-state index contributed by atoms with van der Waals surface area (Å²) < 4.78 is 5.66. The molecule has 1 fully saturated rings. The molecule has 3 aromatic rings. The van der Waals surface area contributed by atoms with Gasteiger partial charge in [-0.05, 0) is 13.0 Å². The van der Waals surface area contributed by atoms with E-state index in [1.165, 1.54) is 0 Å². The molecule has 0 radical (unpaired) electrons. The van der Waals surface area contributed by atoms with Gasteiger partial charge in [0.25, 0.3) is 0 Å². The summed E-state index contributed by atoms with van der Waals surface area (Å²) in [4.78, 5) is 30.6. The topological polar surface area (TPSA) is 74.3 Å². The van der Waals surface area contributed by atoms with Crippen molar-refractivity contribution in [1.82, 2.24) is 19.9 Å². The van der Waals surface area contributed by atoms with Crippen molar-refractivity contribution in [2.75, 3.05) is 24.7 Å². The Hall–Kier alpha value is -2.93. The number of morpholine rings is 1. The second-order valence-corrected chi connectivity index (χ2v) is 9.57. The summed E-state index contributed by atoms with van der Waals surface area (Å²) in [6, 6.07) is 8.41. The Balaban J connectivity index is 1.63. The number of fused-ring (bicyclic) bond motifs is 2. The molecular formula is C24H29N5O2. The first-order valence-corrected chi connectivity index (χ1v) is 10.9. The largest absolute Gasteiger partial charge is 0.377 e. The molecule has 4 heterocycles. The quantitative estimate of drug-likeness (QED) is 0.685. The number of rotatable bonds is 2. The van der Waals surface area contributed by atoms with E-state index in [2.05, 4.69) is 28.9 Å². The monoisotopic (exact) mass is 419 g/mol. The average Bonchev–Trinajstić information content (AvgIpc) is 3.36. The molecule has 1 saturated heterocycles. The van der Waals surface area contributed by atoms with Gasteiger partial charge in [-0.25, -0.2) is 9.97 Å². The number of amides is 1. The van der Waals surface area contributed by atoms with E-state index in [9.17, 15) is 4.79 Å². The van der Waals surface area contributed by atoms with Gasteiger partial charge in [0, 0.05) is 40.2 Å². The zero-order valence-electron chi connectivity index (χ0n) is 18.6. The van der Waals surface area contributed by atoms with Gasteiger partial charge in [-0.1, -0.05) is 39.0 Å². The van der Waals surface area contributed by atoms with Crippen LogP contribution in [-0.2, 0) is 22.6 Å². The maximum absolute atomic E-state index is 13.0. The summed E-state index contributed by atoms with van der Waals surface area (Å²) in [6.45, 7) is 11.3. The maximum Gasteiger partial charge on any atom is 0.228 e. The number of aromatic nitrogens is 3. The number of carbonyl (C=O) groups excluding carboxylic acids is 1. The van der Waals surface area contributed by atoms with E-state index in [4.69, 9.17) is 14.7 Å². The first-order chi connectivity index (χ1) is 14.8. The summed E-state index contributed by atoms with van der Waals surface area (Å²) >= 11 is 0. The Morgan fingerprint density at radius 1 is 1.19 bits per heavy atom. The van der Waals surface area contributed by atoms with E-state index in [1.54, 1.807) is 0 Å². The molecule has 5 rings (SSSR count). The van der Waals surface area contributed by atoms with Gasteiger partial charge in [0.05, 0.1) is 38.0 Å². The van der Waals surface area contributed by atoms with Crippen molar-refractivity contribution in [1.29, 1.82) is 0 Å². The van der Waals surface area contributed by atoms with Gasteiger partial charge in [-0.2, -0.15) is 0 Å². The molecule has 2 aliphatic rings. The molecule has 1 amide bonds. The van der Waals surface area contributed by atoms with Crippen molar-refractivity contribution in [3.8, 4) is 11.4 Å². The first kappa shape index (κ1) is 20.0. The molecule has 7 heteroatoms. The minimum atomic E-state index is -0.429. The molecule has 162 valence electrons. The van der Waals surface area contributed by atoms with Crippen LogP contribution in [0.3, 0.4) is 0 Å². The highest BCUT2D eigenvalue weighted by atomic mass is 16.5. The lowest BCUT2D eigenvalue weighted by molar-refractivity contribution is -0.140. The normalized spacial score (nSPS) is 19.2. The van der Waals surface area contributed by atoms with E-state index < -0.39 is 5.41 Å². The van der Waals surface area contributed by atoms with Crippen molar-refractivity contribution in [2.24, 2.45) is 5.41 Å². The number of H-pyrrole nitrogens is 1. The van der Waals surface area contributed by atoms with Crippen LogP contribution >= 0.6 is 0 Å². The molecule has 1 atom stereocenters. The molecule has 31 heavy (non-hydrogen) atoms. The van der Waals surface area contributed by atoms with E-state index in [1.807, 2.05) is 44.0 Å². The number of aromatic amines is 1. The number of para-hydroxylation sites is 1. The molecule has 1 N–H and O–H groups in total. The zero-order chi connectivity index (χ0) is 21.8. The van der Waals surface area contributed by atoms with Gasteiger partial charge in [0.15, 0.2) is 5.82 Å². The number of benzene rings is 1. The van der Waals surface area contributed by atoms with Crippen molar-refractivity contribution in [3.05, 3.63) is 41.7 Å². The Bertz CT molecular complexity index is 1150. The van der Waals surface area contributed by atoms with Crippen LogP contribution in [0.5, 0.6) is 0 Å². The van der Waals surface area contributed by atoms with Crippen molar-refractivity contribution in [2.45, 2.75) is 46.8 Å². The lowest BCUT2D eigenvalue weighted by atomic mass is 9.95. The minimum Gasteiger partial charge on any atom is -0.377 e. The lowest BCUT2D eigenvalue weighted by Gasteiger charge is -2.35. The lowest BCUT2D eigenvalue weighted by Crippen LogP contribution is -2.44. The second kappa shape index (κ2) is 7.34. The number of hydrogen-bond acceptors (Lipinski definition) is 5. The van der Waals surface area contributed by atoms with Crippen LogP contribution in [0.4, 0.5) is 5.82 Å². The number of carbonyl (C=O) groups is 1. The van der Waals surface area contributed by atoms with E-state index in [0.29, 0.717) is 32.1 Å². The molecular weight excluding hydrogens is 390 g/mol. The van der Waals surface area contributed by atoms with Crippen molar-refractivity contribution < 1.29 is 9.53 Å².